The molecule has 0 radical (unpaired) electrons. The molecule has 4 atom stereocenters. The lowest BCUT2D eigenvalue weighted by Crippen LogP contribution is -2.41. The first-order chi connectivity index (χ1) is 12.1. The number of thiocarbonyl (C=S) groups is 1. The summed E-state index contributed by atoms with van der Waals surface area (Å²) >= 11 is 5.21. The van der Waals surface area contributed by atoms with Gasteiger partial charge in [0, 0.05) is 13.1 Å². The summed E-state index contributed by atoms with van der Waals surface area (Å²) in [6.45, 7) is 6.67. The van der Waals surface area contributed by atoms with Gasteiger partial charge in [-0.15, -0.1) is 6.58 Å². The summed E-state index contributed by atoms with van der Waals surface area (Å²) in [7, 11) is 0. The zero-order valence-electron chi connectivity index (χ0n) is 13.7. The van der Waals surface area contributed by atoms with E-state index in [0.29, 0.717) is 35.1 Å². The second-order valence-corrected chi connectivity index (χ2v) is 5.98. The number of nitrogens with zero attached hydrogens (tertiary/aromatic N) is 4. The molecule has 0 unspecified atom stereocenters. The Labute approximate surface area is 149 Å². The van der Waals surface area contributed by atoms with E-state index in [4.69, 9.17) is 17.0 Å². The molecular formula is C15H20N6O3S. The first-order valence-electron chi connectivity index (χ1n) is 7.90. The summed E-state index contributed by atoms with van der Waals surface area (Å²) in [4.78, 5) is 13.0. The average molecular weight is 364 g/mol. The van der Waals surface area contributed by atoms with E-state index in [1.807, 2.05) is 6.92 Å². The number of fused-ring (bicyclic) bond motifs is 1. The third-order valence-corrected chi connectivity index (χ3v) is 4.27. The monoisotopic (exact) mass is 364 g/mol. The van der Waals surface area contributed by atoms with Gasteiger partial charge in [-0.3, -0.25) is 4.57 Å². The van der Waals surface area contributed by atoms with E-state index in [0.717, 1.165) is 0 Å². The van der Waals surface area contributed by atoms with Crippen LogP contribution in [0.1, 0.15) is 13.2 Å². The van der Waals surface area contributed by atoms with Gasteiger partial charge in [0.25, 0.3) is 0 Å². The van der Waals surface area contributed by atoms with Crippen molar-refractivity contribution in [2.45, 2.75) is 31.5 Å². The van der Waals surface area contributed by atoms with E-state index >= 15 is 0 Å². The summed E-state index contributed by atoms with van der Waals surface area (Å²) in [5.41, 5.74) is 1.01. The van der Waals surface area contributed by atoms with Crippen molar-refractivity contribution < 1.29 is 14.9 Å². The van der Waals surface area contributed by atoms with Crippen molar-refractivity contribution in [2.24, 2.45) is 0 Å². The van der Waals surface area contributed by atoms with Crippen molar-refractivity contribution in [1.82, 2.24) is 24.8 Å². The molecule has 25 heavy (non-hydrogen) atoms. The zero-order chi connectivity index (χ0) is 18.0. The third-order valence-electron chi connectivity index (χ3n) is 3.89. The minimum absolute atomic E-state index is 0.351. The highest BCUT2D eigenvalue weighted by Crippen LogP contribution is 2.32. The van der Waals surface area contributed by atoms with Crippen molar-refractivity contribution in [3.63, 3.8) is 0 Å². The molecule has 3 rings (SSSR count). The van der Waals surface area contributed by atoms with E-state index in [9.17, 15) is 10.2 Å². The number of nitrogens with one attached hydrogen (secondary N) is 2. The number of rotatable bonds is 6. The molecule has 2 aromatic heterocycles. The molecule has 0 aliphatic carbocycles. The Morgan fingerprint density at radius 3 is 2.92 bits per heavy atom. The summed E-state index contributed by atoms with van der Waals surface area (Å²) in [5.74, 6) is 0.552. The number of imidazole rings is 1. The minimum Gasteiger partial charge on any atom is -0.387 e. The highest BCUT2D eigenvalue weighted by atomic mass is 32.1. The predicted molar refractivity (Wildman–Crippen MR) is 96.2 cm³/mol. The van der Waals surface area contributed by atoms with Crippen molar-refractivity contribution >= 4 is 34.2 Å². The van der Waals surface area contributed by atoms with Crippen LogP contribution >= 0.6 is 12.2 Å². The van der Waals surface area contributed by atoms with Gasteiger partial charge in [-0.2, -0.15) is 0 Å². The molecule has 10 heteroatoms. The van der Waals surface area contributed by atoms with Gasteiger partial charge in [0.1, 0.15) is 29.6 Å². The number of aliphatic hydroxyl groups excluding tert-OH is 2. The van der Waals surface area contributed by atoms with Crippen LogP contribution in [0, 0.1) is 0 Å². The van der Waals surface area contributed by atoms with Crippen molar-refractivity contribution in [3.05, 3.63) is 25.3 Å². The van der Waals surface area contributed by atoms with Gasteiger partial charge in [-0.25, -0.2) is 15.0 Å². The van der Waals surface area contributed by atoms with Crippen LogP contribution in [0.25, 0.3) is 11.2 Å². The molecule has 134 valence electrons. The van der Waals surface area contributed by atoms with Gasteiger partial charge < -0.3 is 25.6 Å². The van der Waals surface area contributed by atoms with Crippen LogP contribution in [0.15, 0.2) is 25.3 Å². The molecule has 1 saturated heterocycles. The standard InChI is InChI=1S/C15H20N6O3S/c1-3-5-17-12-8-13(19-6-18-12)21(7-20-8)15-10(23)9(22)11(24-15)14(25)16-4-2/h3,6-7,9-11,15,22-23H,1,4-5H2,2H3,(H,16,25)(H,17,18,19)/t9-,10+,11-,15+/m0/s1. The van der Waals surface area contributed by atoms with E-state index in [1.54, 1.807) is 10.6 Å². The maximum atomic E-state index is 10.4. The molecule has 1 fully saturated rings. The highest BCUT2D eigenvalue weighted by Gasteiger charge is 2.46. The molecule has 4 N–H and O–H groups in total. The zero-order valence-corrected chi connectivity index (χ0v) is 14.5. The second kappa shape index (κ2) is 7.40. The van der Waals surface area contributed by atoms with Crippen molar-refractivity contribution in [2.75, 3.05) is 18.4 Å². The minimum atomic E-state index is -1.17. The fourth-order valence-electron chi connectivity index (χ4n) is 2.72. The lowest BCUT2D eigenvalue weighted by molar-refractivity contribution is -0.0218. The molecule has 0 spiro atoms. The number of ether oxygens (including phenoxy) is 1. The Morgan fingerprint density at radius 1 is 1.40 bits per heavy atom. The molecule has 3 heterocycles. The fraction of sp³-hybridized carbons (Fsp3) is 0.467. The molecule has 0 aromatic carbocycles. The molecule has 1 aliphatic heterocycles. The number of hydrogen-bond acceptors (Lipinski definition) is 8. The van der Waals surface area contributed by atoms with Crippen LogP contribution in [-0.2, 0) is 4.74 Å². The number of aliphatic hydroxyl groups is 2. The predicted octanol–water partition coefficient (Wildman–Crippen LogP) is -0.0197. The van der Waals surface area contributed by atoms with Crippen molar-refractivity contribution in [3.8, 4) is 0 Å². The van der Waals surface area contributed by atoms with E-state index in [2.05, 4.69) is 32.2 Å². The number of anilines is 1. The van der Waals surface area contributed by atoms with Gasteiger partial charge in [0.15, 0.2) is 23.2 Å². The van der Waals surface area contributed by atoms with Gasteiger partial charge in [-0.1, -0.05) is 18.3 Å². The van der Waals surface area contributed by atoms with Crippen LogP contribution in [-0.4, -0.2) is 66.1 Å². The fourth-order valence-corrected chi connectivity index (χ4v) is 3.06. The average Bonchev–Trinajstić information content (AvgIpc) is 3.16. The van der Waals surface area contributed by atoms with Gasteiger partial charge in [-0.05, 0) is 6.92 Å². The lowest BCUT2D eigenvalue weighted by atomic mass is 10.1. The van der Waals surface area contributed by atoms with Gasteiger partial charge in [0.05, 0.1) is 6.33 Å². The van der Waals surface area contributed by atoms with Crippen LogP contribution in [0.3, 0.4) is 0 Å². The number of aromatic nitrogens is 4. The summed E-state index contributed by atoms with van der Waals surface area (Å²) < 4.78 is 7.36. The Bertz CT molecular complexity index is 782. The van der Waals surface area contributed by atoms with E-state index < -0.39 is 24.5 Å². The summed E-state index contributed by atoms with van der Waals surface area (Å²) in [5, 5.41) is 26.7. The molecule has 9 nitrogen and oxygen atoms in total. The molecule has 0 saturated carbocycles. The third kappa shape index (κ3) is 3.21. The topological polar surface area (TPSA) is 117 Å². The smallest absolute Gasteiger partial charge is 0.167 e. The molecule has 2 aromatic rings. The number of hydrogen-bond donors (Lipinski definition) is 4. The van der Waals surface area contributed by atoms with Crippen LogP contribution in [0.4, 0.5) is 5.82 Å². The van der Waals surface area contributed by atoms with Crippen LogP contribution < -0.4 is 10.6 Å². The number of likely N-dealkylation sites (N-methyl/N-ethyl adjacent to an activating group) is 1. The van der Waals surface area contributed by atoms with Crippen LogP contribution in [0.5, 0.6) is 0 Å². The van der Waals surface area contributed by atoms with Crippen molar-refractivity contribution in [1.29, 1.82) is 0 Å². The lowest BCUT2D eigenvalue weighted by Gasteiger charge is -2.17. The largest absolute Gasteiger partial charge is 0.387 e. The Hall–Kier alpha value is -2.14. The Kier molecular flexibility index (Phi) is 5.23. The molecule has 1 aliphatic rings. The van der Waals surface area contributed by atoms with E-state index in [1.165, 1.54) is 12.7 Å². The van der Waals surface area contributed by atoms with Gasteiger partial charge in [0.2, 0.25) is 0 Å². The van der Waals surface area contributed by atoms with E-state index in [-0.39, 0.29) is 0 Å². The molecule has 0 amide bonds. The Morgan fingerprint density at radius 2 is 2.20 bits per heavy atom. The van der Waals surface area contributed by atoms with Crippen LogP contribution in [0.2, 0.25) is 0 Å². The maximum Gasteiger partial charge on any atom is 0.167 e. The second-order valence-electron chi connectivity index (χ2n) is 5.54. The normalized spacial score (nSPS) is 25.9. The SMILES string of the molecule is C=CCNc1ncnc2c1ncn2[C@@H]1O[C@H](C(=S)NCC)[C@@H](O)[C@H]1O. The Balaban J connectivity index is 1.91. The molecular weight excluding hydrogens is 344 g/mol. The quantitative estimate of drug-likeness (QED) is 0.414. The van der Waals surface area contributed by atoms with Gasteiger partial charge >= 0.3 is 0 Å². The summed E-state index contributed by atoms with van der Waals surface area (Å²) in [6.07, 6.45) is 0.628. The molecule has 0 bridgehead atoms. The maximum absolute atomic E-state index is 10.4. The first kappa shape index (κ1) is 17.7. The summed E-state index contributed by atoms with van der Waals surface area (Å²) in [6, 6.07) is 0. The first-order valence-corrected chi connectivity index (χ1v) is 8.30. The highest BCUT2D eigenvalue weighted by molar-refractivity contribution is 7.80.